The Morgan fingerprint density at radius 1 is 1.34 bits per heavy atom. The normalized spacial score (nSPS) is 14.2. The second kappa shape index (κ2) is 8.96. The van der Waals surface area contributed by atoms with E-state index >= 15 is 0 Å². The summed E-state index contributed by atoms with van der Waals surface area (Å²) in [6.45, 7) is 2.50. The molecule has 0 bridgehead atoms. The number of nitrogens with zero attached hydrogens (tertiary/aromatic N) is 7. The molecule has 154 valence electrons. The number of phenols is 1. The first-order chi connectivity index (χ1) is 13.8. The number of hydrazone groups is 1. The predicted octanol–water partition coefficient (Wildman–Crippen LogP) is 1.60. The van der Waals surface area contributed by atoms with Crippen LogP contribution in [0.5, 0.6) is 5.75 Å². The first-order valence-electron chi connectivity index (χ1n) is 8.57. The molecule has 0 radical (unpaired) electrons. The molecule has 13 heteroatoms. The van der Waals surface area contributed by atoms with Gasteiger partial charge in [-0.15, -0.1) is 0 Å². The molecule has 0 unspecified atom stereocenters. The highest BCUT2D eigenvalue weighted by Crippen LogP contribution is 2.31. The van der Waals surface area contributed by atoms with Crippen LogP contribution in [0.25, 0.3) is 0 Å². The minimum atomic E-state index is -0.557. The van der Waals surface area contributed by atoms with Crippen molar-refractivity contribution in [1.82, 2.24) is 15.0 Å². The number of hydrogen-bond acceptors (Lipinski definition) is 11. The average Bonchev–Trinajstić information content (AvgIpc) is 2.71. The molecule has 0 spiro atoms. The summed E-state index contributed by atoms with van der Waals surface area (Å²) < 4.78 is 5.54. The van der Waals surface area contributed by atoms with Crippen molar-refractivity contribution in [1.29, 1.82) is 0 Å². The van der Waals surface area contributed by atoms with Crippen molar-refractivity contribution >= 4 is 45.7 Å². The van der Waals surface area contributed by atoms with E-state index in [2.05, 4.69) is 41.4 Å². The smallest absolute Gasteiger partial charge is 0.271 e. The van der Waals surface area contributed by atoms with Crippen LogP contribution in [0, 0.1) is 10.1 Å². The van der Waals surface area contributed by atoms with E-state index in [9.17, 15) is 15.2 Å². The summed E-state index contributed by atoms with van der Waals surface area (Å²) in [5.74, 6) is 0.969. The van der Waals surface area contributed by atoms with Gasteiger partial charge in [-0.1, -0.05) is 0 Å². The number of hydrogen-bond donors (Lipinski definition) is 2. The van der Waals surface area contributed by atoms with Gasteiger partial charge in [-0.3, -0.25) is 10.1 Å². The minimum absolute atomic E-state index is 0.161. The lowest BCUT2D eigenvalue weighted by molar-refractivity contribution is -0.385. The second-order valence-electron chi connectivity index (χ2n) is 6.25. The molecule has 1 aliphatic rings. The molecule has 2 aromatic rings. The number of aromatic nitrogens is 3. The molecule has 0 amide bonds. The number of aromatic hydroxyl groups is 1. The molecular weight excluding hydrogens is 448 g/mol. The van der Waals surface area contributed by atoms with Crippen molar-refractivity contribution in [2.45, 2.75) is 0 Å². The van der Waals surface area contributed by atoms with E-state index in [0.717, 1.165) is 0 Å². The third kappa shape index (κ3) is 5.06. The van der Waals surface area contributed by atoms with Gasteiger partial charge in [0, 0.05) is 44.9 Å². The number of phenolic OH excluding ortho intramolecular Hbond substituents is 1. The minimum Gasteiger partial charge on any atom is -0.506 e. The van der Waals surface area contributed by atoms with Crippen molar-refractivity contribution in [2.24, 2.45) is 5.10 Å². The lowest BCUT2D eigenvalue weighted by atomic mass is 10.2. The monoisotopic (exact) mass is 466 g/mol. The molecule has 1 saturated heterocycles. The van der Waals surface area contributed by atoms with Crippen LogP contribution in [-0.4, -0.2) is 71.6 Å². The van der Waals surface area contributed by atoms with E-state index in [-0.39, 0.29) is 27.4 Å². The molecule has 1 fully saturated rings. The fraction of sp³-hybridized carbons (Fsp3) is 0.375. The van der Waals surface area contributed by atoms with Gasteiger partial charge in [-0.25, -0.2) is 5.43 Å². The highest BCUT2D eigenvalue weighted by Gasteiger charge is 2.17. The lowest BCUT2D eigenvalue weighted by Crippen LogP contribution is -2.37. The van der Waals surface area contributed by atoms with Crippen LogP contribution < -0.4 is 15.2 Å². The number of nitro groups is 1. The molecular formula is C16H19BrN8O4. The Morgan fingerprint density at radius 2 is 2.07 bits per heavy atom. The Kier molecular flexibility index (Phi) is 6.39. The third-order valence-corrected chi connectivity index (χ3v) is 4.57. The Labute approximate surface area is 174 Å². The maximum absolute atomic E-state index is 11.0. The van der Waals surface area contributed by atoms with E-state index in [1.807, 2.05) is 19.0 Å². The quantitative estimate of drug-likeness (QED) is 0.365. The Hall–Kier alpha value is -3.06. The molecule has 1 aliphatic heterocycles. The van der Waals surface area contributed by atoms with Gasteiger partial charge in [0.2, 0.25) is 17.8 Å². The third-order valence-electron chi connectivity index (χ3n) is 3.96. The zero-order valence-corrected chi connectivity index (χ0v) is 17.3. The highest BCUT2D eigenvalue weighted by atomic mass is 79.9. The van der Waals surface area contributed by atoms with E-state index < -0.39 is 4.92 Å². The predicted molar refractivity (Wildman–Crippen MR) is 111 cm³/mol. The van der Waals surface area contributed by atoms with E-state index in [0.29, 0.717) is 38.2 Å². The summed E-state index contributed by atoms with van der Waals surface area (Å²) in [5.41, 5.74) is 2.67. The number of nitrogens with one attached hydrogen (secondary N) is 1. The highest BCUT2D eigenvalue weighted by molar-refractivity contribution is 9.10. The molecule has 3 rings (SSSR count). The van der Waals surface area contributed by atoms with Gasteiger partial charge in [-0.2, -0.15) is 20.1 Å². The molecule has 29 heavy (non-hydrogen) atoms. The Balaban J connectivity index is 1.84. The van der Waals surface area contributed by atoms with Crippen molar-refractivity contribution in [2.75, 3.05) is 55.6 Å². The largest absolute Gasteiger partial charge is 0.506 e. The summed E-state index contributed by atoms with van der Waals surface area (Å²) in [6.07, 6.45) is 1.25. The number of anilines is 3. The van der Waals surface area contributed by atoms with Crippen LogP contribution in [0.1, 0.15) is 5.56 Å². The molecule has 2 heterocycles. The van der Waals surface area contributed by atoms with E-state index in [4.69, 9.17) is 4.74 Å². The number of ether oxygens (including phenoxy) is 1. The summed E-state index contributed by atoms with van der Waals surface area (Å²) in [4.78, 5) is 27.3. The molecule has 12 nitrogen and oxygen atoms in total. The molecule has 2 N–H and O–H groups in total. The molecule has 0 aliphatic carbocycles. The van der Waals surface area contributed by atoms with Crippen LogP contribution in [-0.2, 0) is 4.74 Å². The topological polar surface area (TPSA) is 142 Å². The van der Waals surface area contributed by atoms with Crippen LogP contribution in [0.2, 0.25) is 0 Å². The van der Waals surface area contributed by atoms with Crippen molar-refractivity contribution < 1.29 is 14.8 Å². The van der Waals surface area contributed by atoms with Crippen molar-refractivity contribution in [3.8, 4) is 5.75 Å². The average molecular weight is 467 g/mol. The maximum atomic E-state index is 11.0. The standard InChI is InChI=1S/C16H19BrN8O4/c1-23(2)15-19-14(20-16(21-15)24-3-5-29-6-4-24)22-18-9-10-7-11(25(27)28)8-12(17)13(10)26/h7-9,26H,3-6H2,1-2H3,(H,19,20,21,22). The fourth-order valence-electron chi connectivity index (χ4n) is 2.48. The van der Waals surface area contributed by atoms with Gasteiger partial charge < -0.3 is 19.6 Å². The number of halogens is 1. The zero-order chi connectivity index (χ0) is 21.0. The molecule has 1 aromatic carbocycles. The number of benzene rings is 1. The van der Waals surface area contributed by atoms with Gasteiger partial charge in [0.25, 0.3) is 5.69 Å². The summed E-state index contributed by atoms with van der Waals surface area (Å²) in [6, 6.07) is 2.42. The van der Waals surface area contributed by atoms with Gasteiger partial charge in [0.15, 0.2) is 0 Å². The van der Waals surface area contributed by atoms with E-state index in [1.165, 1.54) is 18.3 Å². The summed E-state index contributed by atoms with van der Waals surface area (Å²) in [7, 11) is 3.62. The lowest BCUT2D eigenvalue weighted by Gasteiger charge is -2.27. The van der Waals surface area contributed by atoms with Crippen LogP contribution >= 0.6 is 15.9 Å². The summed E-state index contributed by atoms with van der Waals surface area (Å²) in [5, 5.41) is 25.1. The summed E-state index contributed by atoms with van der Waals surface area (Å²) >= 11 is 3.09. The van der Waals surface area contributed by atoms with E-state index in [1.54, 1.807) is 4.90 Å². The maximum Gasteiger partial charge on any atom is 0.271 e. The van der Waals surface area contributed by atoms with Crippen molar-refractivity contribution in [3.05, 3.63) is 32.3 Å². The fourth-order valence-corrected chi connectivity index (χ4v) is 2.94. The molecule has 0 atom stereocenters. The van der Waals surface area contributed by atoms with Crippen molar-refractivity contribution in [3.63, 3.8) is 0 Å². The van der Waals surface area contributed by atoms with Crippen LogP contribution in [0.4, 0.5) is 23.5 Å². The number of morpholine rings is 1. The zero-order valence-electron chi connectivity index (χ0n) is 15.7. The Bertz CT molecular complexity index is 933. The molecule has 1 aromatic heterocycles. The number of non-ortho nitro benzene ring substituents is 1. The van der Waals surface area contributed by atoms with Crippen LogP contribution in [0.3, 0.4) is 0 Å². The van der Waals surface area contributed by atoms with Gasteiger partial charge in [0.05, 0.1) is 28.8 Å². The van der Waals surface area contributed by atoms with Gasteiger partial charge >= 0.3 is 0 Å². The Morgan fingerprint density at radius 3 is 2.72 bits per heavy atom. The number of rotatable bonds is 6. The van der Waals surface area contributed by atoms with Crippen LogP contribution in [0.15, 0.2) is 21.7 Å². The number of nitro benzene ring substituents is 1. The second-order valence-corrected chi connectivity index (χ2v) is 7.10. The first-order valence-corrected chi connectivity index (χ1v) is 9.36. The van der Waals surface area contributed by atoms with Gasteiger partial charge in [-0.05, 0) is 15.9 Å². The first kappa shape index (κ1) is 20.7. The SMILES string of the molecule is CN(C)c1nc(NN=Cc2cc([N+](=O)[O-])cc(Br)c2O)nc(N2CCOCC2)n1. The molecule has 0 saturated carbocycles. The van der Waals surface area contributed by atoms with Gasteiger partial charge in [0.1, 0.15) is 5.75 Å².